The van der Waals surface area contributed by atoms with Gasteiger partial charge in [-0.15, -0.1) is 0 Å². The summed E-state index contributed by atoms with van der Waals surface area (Å²) in [6, 6.07) is 10.4. The van der Waals surface area contributed by atoms with Crippen LogP contribution >= 0.6 is 11.8 Å². The Morgan fingerprint density at radius 3 is 2.48 bits per heavy atom. The number of hydrogen-bond acceptors (Lipinski definition) is 4. The minimum absolute atomic E-state index is 0.0986. The number of aromatic nitrogens is 1. The summed E-state index contributed by atoms with van der Waals surface area (Å²) in [4.78, 5) is 17.1. The van der Waals surface area contributed by atoms with E-state index >= 15 is 0 Å². The van der Waals surface area contributed by atoms with Crippen LogP contribution in [0.4, 0.5) is 13.2 Å². The molecule has 0 radical (unpaired) electrons. The van der Waals surface area contributed by atoms with Crippen molar-refractivity contribution in [1.29, 1.82) is 0 Å². The molecule has 2 aliphatic heterocycles. The van der Waals surface area contributed by atoms with Gasteiger partial charge in [0.25, 0.3) is 5.91 Å². The summed E-state index contributed by atoms with van der Waals surface area (Å²) in [5.74, 6) is -0.0986. The fraction of sp³-hybridized carbons (Fsp3) is 0.368. The Bertz CT molecular complexity index is 824. The lowest BCUT2D eigenvalue weighted by Gasteiger charge is -2.21. The van der Waals surface area contributed by atoms with Gasteiger partial charge in [0.15, 0.2) is 0 Å². The van der Waals surface area contributed by atoms with E-state index < -0.39 is 11.7 Å². The normalized spacial score (nSPS) is 24.2. The van der Waals surface area contributed by atoms with Crippen molar-refractivity contribution in [2.24, 2.45) is 0 Å². The van der Waals surface area contributed by atoms with E-state index in [0.717, 1.165) is 30.0 Å². The maximum atomic E-state index is 12.6. The molecule has 1 aromatic carbocycles. The number of nitrogens with zero attached hydrogens (tertiary/aromatic N) is 1. The SMILES string of the molecule is O=C(NC1CC2CCC1N2)c1ccc(Sc2ccc(C(F)(F)F)cn2)cc1. The summed E-state index contributed by atoms with van der Waals surface area (Å²) < 4.78 is 37.7. The second kappa shape index (κ2) is 7.16. The highest BCUT2D eigenvalue weighted by Gasteiger charge is 2.39. The third-order valence-electron chi connectivity index (χ3n) is 5.02. The minimum Gasteiger partial charge on any atom is -0.348 e. The molecule has 8 heteroatoms. The molecule has 4 rings (SSSR count). The number of benzene rings is 1. The van der Waals surface area contributed by atoms with Crippen LogP contribution in [0.3, 0.4) is 0 Å². The van der Waals surface area contributed by atoms with E-state index in [1.807, 2.05) is 0 Å². The lowest BCUT2D eigenvalue weighted by atomic mass is 9.95. The number of fused-ring (bicyclic) bond motifs is 2. The summed E-state index contributed by atoms with van der Waals surface area (Å²) in [5, 5.41) is 7.04. The molecule has 3 atom stereocenters. The molecule has 3 heterocycles. The molecule has 0 spiro atoms. The number of alkyl halides is 3. The van der Waals surface area contributed by atoms with Gasteiger partial charge in [-0.3, -0.25) is 4.79 Å². The van der Waals surface area contributed by atoms with Crippen molar-refractivity contribution in [2.75, 3.05) is 0 Å². The van der Waals surface area contributed by atoms with Gasteiger partial charge in [-0.25, -0.2) is 4.98 Å². The predicted octanol–water partition coefficient (Wildman–Crippen LogP) is 3.87. The number of halogens is 3. The molecule has 0 aliphatic carbocycles. The molecular formula is C19H18F3N3OS. The smallest absolute Gasteiger partial charge is 0.348 e. The first-order valence-electron chi connectivity index (χ1n) is 8.76. The van der Waals surface area contributed by atoms with Crippen molar-refractivity contribution in [3.63, 3.8) is 0 Å². The van der Waals surface area contributed by atoms with Gasteiger partial charge in [-0.1, -0.05) is 11.8 Å². The monoisotopic (exact) mass is 393 g/mol. The molecule has 3 unspecified atom stereocenters. The van der Waals surface area contributed by atoms with Crippen LogP contribution in [0.1, 0.15) is 35.2 Å². The minimum atomic E-state index is -4.39. The van der Waals surface area contributed by atoms with Crippen molar-refractivity contribution >= 4 is 17.7 Å². The van der Waals surface area contributed by atoms with Gasteiger partial charge in [0.05, 0.1) is 5.56 Å². The van der Waals surface area contributed by atoms with E-state index in [4.69, 9.17) is 0 Å². The number of hydrogen-bond donors (Lipinski definition) is 2. The van der Waals surface area contributed by atoms with Gasteiger partial charge in [-0.05, 0) is 55.7 Å². The third-order valence-corrected chi connectivity index (χ3v) is 5.98. The lowest BCUT2D eigenvalue weighted by Crippen LogP contribution is -2.42. The highest BCUT2D eigenvalue weighted by atomic mass is 32.2. The zero-order chi connectivity index (χ0) is 19.0. The molecule has 142 valence electrons. The molecule has 4 nitrogen and oxygen atoms in total. The second-order valence-electron chi connectivity index (χ2n) is 6.87. The molecule has 2 aliphatic rings. The van der Waals surface area contributed by atoms with Gasteiger partial charge in [-0.2, -0.15) is 13.2 Å². The number of rotatable bonds is 4. The number of carbonyl (C=O) groups is 1. The van der Waals surface area contributed by atoms with Crippen LogP contribution in [0.5, 0.6) is 0 Å². The Morgan fingerprint density at radius 1 is 1.15 bits per heavy atom. The van der Waals surface area contributed by atoms with Crippen LogP contribution in [0.15, 0.2) is 52.5 Å². The van der Waals surface area contributed by atoms with E-state index in [9.17, 15) is 18.0 Å². The summed E-state index contributed by atoms with van der Waals surface area (Å²) in [7, 11) is 0. The molecule has 1 aromatic heterocycles. The fourth-order valence-corrected chi connectivity index (χ4v) is 4.39. The number of carbonyl (C=O) groups excluding carboxylic acids is 1. The molecule has 2 aromatic rings. The standard InChI is InChI=1S/C19H18F3N3OS/c20-19(21,22)12-3-8-17(23-10-12)27-14-5-1-11(2-6-14)18(26)25-16-9-13-4-7-15(16)24-13/h1-3,5-6,8,10,13,15-16,24H,4,7,9H2,(H,25,26). The highest BCUT2D eigenvalue weighted by Crippen LogP contribution is 2.32. The summed E-state index contributed by atoms with van der Waals surface area (Å²) >= 11 is 1.25. The third kappa shape index (κ3) is 4.11. The molecule has 2 fully saturated rings. The first-order valence-corrected chi connectivity index (χ1v) is 9.58. The number of amides is 1. The Kier molecular flexibility index (Phi) is 4.86. The molecule has 1 amide bonds. The zero-order valence-electron chi connectivity index (χ0n) is 14.3. The van der Waals surface area contributed by atoms with Gasteiger partial charge >= 0.3 is 6.18 Å². The predicted molar refractivity (Wildman–Crippen MR) is 95.6 cm³/mol. The lowest BCUT2D eigenvalue weighted by molar-refractivity contribution is -0.137. The van der Waals surface area contributed by atoms with E-state index in [0.29, 0.717) is 22.7 Å². The number of pyridine rings is 1. The number of nitrogens with one attached hydrogen (secondary N) is 2. The summed E-state index contributed by atoms with van der Waals surface area (Å²) in [5.41, 5.74) is -0.198. The molecular weight excluding hydrogens is 375 g/mol. The van der Waals surface area contributed by atoms with E-state index in [1.54, 1.807) is 24.3 Å². The van der Waals surface area contributed by atoms with Gasteiger partial charge in [0.2, 0.25) is 0 Å². The quantitative estimate of drug-likeness (QED) is 0.828. The molecule has 2 saturated heterocycles. The Labute approximate surface area is 158 Å². The van der Waals surface area contributed by atoms with Crippen LogP contribution in [-0.4, -0.2) is 29.0 Å². The van der Waals surface area contributed by atoms with Gasteiger partial charge in [0.1, 0.15) is 5.03 Å². The highest BCUT2D eigenvalue weighted by molar-refractivity contribution is 7.99. The molecule has 27 heavy (non-hydrogen) atoms. The summed E-state index contributed by atoms with van der Waals surface area (Å²) in [6.45, 7) is 0. The average Bonchev–Trinajstić information content (AvgIpc) is 3.25. The Morgan fingerprint density at radius 2 is 1.93 bits per heavy atom. The molecule has 2 N–H and O–H groups in total. The Hall–Kier alpha value is -2.06. The second-order valence-corrected chi connectivity index (χ2v) is 7.97. The van der Waals surface area contributed by atoms with E-state index in [2.05, 4.69) is 15.6 Å². The van der Waals surface area contributed by atoms with E-state index in [1.165, 1.54) is 24.2 Å². The molecule has 0 saturated carbocycles. The first kappa shape index (κ1) is 18.3. The molecule has 2 bridgehead atoms. The zero-order valence-corrected chi connectivity index (χ0v) is 15.1. The van der Waals surface area contributed by atoms with Gasteiger partial charge < -0.3 is 10.6 Å². The van der Waals surface area contributed by atoms with Crippen LogP contribution < -0.4 is 10.6 Å². The van der Waals surface area contributed by atoms with Crippen molar-refractivity contribution in [2.45, 2.75) is 53.5 Å². The Balaban J connectivity index is 1.36. The van der Waals surface area contributed by atoms with Crippen molar-refractivity contribution < 1.29 is 18.0 Å². The van der Waals surface area contributed by atoms with Crippen LogP contribution in [0, 0.1) is 0 Å². The summed E-state index contributed by atoms with van der Waals surface area (Å²) in [6.07, 6.45) is -0.302. The van der Waals surface area contributed by atoms with Crippen molar-refractivity contribution in [3.8, 4) is 0 Å². The largest absolute Gasteiger partial charge is 0.417 e. The van der Waals surface area contributed by atoms with Gasteiger partial charge in [0, 0.05) is 34.8 Å². The fourth-order valence-electron chi connectivity index (χ4n) is 3.64. The van der Waals surface area contributed by atoms with Crippen molar-refractivity contribution in [1.82, 2.24) is 15.6 Å². The van der Waals surface area contributed by atoms with Crippen LogP contribution in [0.2, 0.25) is 0 Å². The average molecular weight is 393 g/mol. The first-order chi connectivity index (χ1) is 12.9. The van der Waals surface area contributed by atoms with Crippen LogP contribution in [0.25, 0.3) is 0 Å². The van der Waals surface area contributed by atoms with E-state index in [-0.39, 0.29) is 11.9 Å². The maximum absolute atomic E-state index is 12.6. The maximum Gasteiger partial charge on any atom is 0.417 e. The van der Waals surface area contributed by atoms with Crippen LogP contribution in [-0.2, 0) is 6.18 Å². The topological polar surface area (TPSA) is 54.0 Å². The van der Waals surface area contributed by atoms with Crippen molar-refractivity contribution in [3.05, 3.63) is 53.7 Å².